The SMILES string of the molecule is CCCc1nc(-c2ccc3c(c2)COC3)n[nH]1. The summed E-state index contributed by atoms with van der Waals surface area (Å²) in [5.74, 6) is 1.74. The van der Waals surface area contributed by atoms with Gasteiger partial charge in [-0.25, -0.2) is 4.98 Å². The largest absolute Gasteiger partial charge is 0.372 e. The Morgan fingerprint density at radius 1 is 1.29 bits per heavy atom. The predicted octanol–water partition coefficient (Wildman–Crippen LogP) is 2.45. The van der Waals surface area contributed by atoms with Crippen molar-refractivity contribution >= 4 is 0 Å². The Morgan fingerprint density at radius 3 is 3.06 bits per heavy atom. The summed E-state index contributed by atoms with van der Waals surface area (Å²) in [6.07, 6.45) is 2.02. The average Bonchev–Trinajstić information content (AvgIpc) is 2.96. The van der Waals surface area contributed by atoms with Crippen LogP contribution in [-0.4, -0.2) is 15.2 Å². The van der Waals surface area contributed by atoms with Crippen LogP contribution in [0.5, 0.6) is 0 Å². The maximum Gasteiger partial charge on any atom is 0.181 e. The highest BCUT2D eigenvalue weighted by Crippen LogP contribution is 2.25. The average molecular weight is 229 g/mol. The topological polar surface area (TPSA) is 50.8 Å². The van der Waals surface area contributed by atoms with Crippen LogP contribution in [-0.2, 0) is 24.4 Å². The fourth-order valence-electron chi connectivity index (χ4n) is 2.08. The zero-order valence-corrected chi connectivity index (χ0v) is 9.86. The van der Waals surface area contributed by atoms with Crippen molar-refractivity contribution < 1.29 is 4.74 Å². The van der Waals surface area contributed by atoms with Gasteiger partial charge in [0.2, 0.25) is 0 Å². The first-order valence-electron chi connectivity index (χ1n) is 5.98. The fraction of sp³-hybridized carbons (Fsp3) is 0.385. The second-order valence-corrected chi connectivity index (χ2v) is 4.33. The van der Waals surface area contributed by atoms with Crippen molar-refractivity contribution in [2.75, 3.05) is 0 Å². The van der Waals surface area contributed by atoms with E-state index < -0.39 is 0 Å². The van der Waals surface area contributed by atoms with E-state index in [4.69, 9.17) is 4.74 Å². The van der Waals surface area contributed by atoms with E-state index in [-0.39, 0.29) is 0 Å². The Labute approximate surface area is 100 Å². The Bertz CT molecular complexity index is 533. The van der Waals surface area contributed by atoms with Gasteiger partial charge >= 0.3 is 0 Å². The van der Waals surface area contributed by atoms with Crippen molar-refractivity contribution in [3.63, 3.8) is 0 Å². The van der Waals surface area contributed by atoms with Gasteiger partial charge in [-0.3, -0.25) is 5.10 Å². The number of fused-ring (bicyclic) bond motifs is 1. The summed E-state index contributed by atoms with van der Waals surface area (Å²) in [4.78, 5) is 4.49. The number of hydrogen-bond donors (Lipinski definition) is 1. The van der Waals surface area contributed by atoms with Crippen molar-refractivity contribution in [2.45, 2.75) is 33.0 Å². The number of aromatic nitrogens is 3. The second kappa shape index (κ2) is 4.30. The highest BCUT2D eigenvalue weighted by molar-refractivity contribution is 5.57. The zero-order chi connectivity index (χ0) is 11.7. The molecular weight excluding hydrogens is 214 g/mol. The number of benzene rings is 1. The Kier molecular flexibility index (Phi) is 2.65. The van der Waals surface area contributed by atoms with Crippen LogP contribution in [0, 0.1) is 0 Å². The maximum absolute atomic E-state index is 5.40. The summed E-state index contributed by atoms with van der Waals surface area (Å²) >= 11 is 0. The molecule has 4 nitrogen and oxygen atoms in total. The van der Waals surface area contributed by atoms with Gasteiger partial charge in [0.05, 0.1) is 13.2 Å². The third kappa shape index (κ3) is 1.96. The molecule has 17 heavy (non-hydrogen) atoms. The molecule has 0 fully saturated rings. The molecule has 2 aromatic rings. The van der Waals surface area contributed by atoms with Gasteiger partial charge in [0, 0.05) is 12.0 Å². The number of aryl methyl sites for hydroxylation is 1. The lowest BCUT2D eigenvalue weighted by atomic mass is 10.1. The molecule has 0 atom stereocenters. The summed E-state index contributed by atoms with van der Waals surface area (Å²) in [5, 5.41) is 7.23. The Morgan fingerprint density at radius 2 is 2.18 bits per heavy atom. The third-order valence-corrected chi connectivity index (χ3v) is 3.00. The lowest BCUT2D eigenvalue weighted by molar-refractivity contribution is 0.134. The van der Waals surface area contributed by atoms with Gasteiger partial charge in [-0.2, -0.15) is 5.10 Å². The molecule has 88 valence electrons. The van der Waals surface area contributed by atoms with E-state index in [1.807, 2.05) is 0 Å². The van der Waals surface area contributed by atoms with E-state index in [1.54, 1.807) is 0 Å². The van der Waals surface area contributed by atoms with E-state index >= 15 is 0 Å². The molecular formula is C13H15N3O. The van der Waals surface area contributed by atoms with Crippen molar-refractivity contribution in [2.24, 2.45) is 0 Å². The van der Waals surface area contributed by atoms with Crippen molar-refractivity contribution in [1.29, 1.82) is 0 Å². The summed E-state index contributed by atoms with van der Waals surface area (Å²) in [5.41, 5.74) is 3.59. The molecule has 0 unspecified atom stereocenters. The van der Waals surface area contributed by atoms with Crippen molar-refractivity contribution in [3.8, 4) is 11.4 Å². The Hall–Kier alpha value is -1.68. The van der Waals surface area contributed by atoms with E-state index in [9.17, 15) is 0 Å². The van der Waals surface area contributed by atoms with Crippen LogP contribution in [0.4, 0.5) is 0 Å². The lowest BCUT2D eigenvalue weighted by Gasteiger charge is -1.99. The maximum atomic E-state index is 5.40. The molecule has 0 bridgehead atoms. The first kappa shape index (κ1) is 10.5. The van der Waals surface area contributed by atoms with E-state index in [1.165, 1.54) is 11.1 Å². The second-order valence-electron chi connectivity index (χ2n) is 4.33. The minimum Gasteiger partial charge on any atom is -0.372 e. The number of aromatic amines is 1. The number of H-pyrrole nitrogens is 1. The van der Waals surface area contributed by atoms with Crippen LogP contribution < -0.4 is 0 Å². The van der Waals surface area contributed by atoms with Crippen LogP contribution in [0.25, 0.3) is 11.4 Å². The number of rotatable bonds is 3. The van der Waals surface area contributed by atoms with Gasteiger partial charge in [0.25, 0.3) is 0 Å². The summed E-state index contributed by atoms with van der Waals surface area (Å²) in [7, 11) is 0. The molecule has 3 rings (SSSR count). The van der Waals surface area contributed by atoms with E-state index in [0.717, 1.165) is 36.7 Å². The van der Waals surface area contributed by atoms with Gasteiger partial charge in [-0.05, 0) is 23.6 Å². The van der Waals surface area contributed by atoms with Crippen LogP contribution in [0.3, 0.4) is 0 Å². The van der Waals surface area contributed by atoms with Crippen LogP contribution in [0.15, 0.2) is 18.2 Å². The highest BCUT2D eigenvalue weighted by Gasteiger charge is 2.13. The predicted molar refractivity (Wildman–Crippen MR) is 64.3 cm³/mol. The van der Waals surface area contributed by atoms with Crippen LogP contribution >= 0.6 is 0 Å². The normalized spacial score (nSPS) is 13.9. The monoisotopic (exact) mass is 229 g/mol. The molecule has 0 radical (unpaired) electrons. The minimum atomic E-state index is 0.704. The summed E-state index contributed by atoms with van der Waals surface area (Å²) in [6, 6.07) is 6.29. The van der Waals surface area contributed by atoms with Gasteiger partial charge in [-0.1, -0.05) is 19.1 Å². The van der Waals surface area contributed by atoms with Gasteiger partial charge in [0.1, 0.15) is 5.82 Å². The number of ether oxygens (including phenoxy) is 1. The van der Waals surface area contributed by atoms with Crippen molar-refractivity contribution in [1.82, 2.24) is 15.2 Å². The standard InChI is InChI=1S/C13H15N3O/c1-2-3-12-14-13(16-15-12)9-4-5-10-7-17-8-11(10)6-9/h4-6H,2-3,7-8H2,1H3,(H,14,15,16). The van der Waals surface area contributed by atoms with Crippen LogP contribution in [0.2, 0.25) is 0 Å². The molecule has 1 aromatic heterocycles. The summed E-state index contributed by atoms with van der Waals surface area (Å²) in [6.45, 7) is 3.56. The van der Waals surface area contributed by atoms with Gasteiger partial charge in [0.15, 0.2) is 5.82 Å². The molecule has 2 heterocycles. The van der Waals surface area contributed by atoms with Crippen LogP contribution in [0.1, 0.15) is 30.3 Å². The fourth-order valence-corrected chi connectivity index (χ4v) is 2.08. The molecule has 0 amide bonds. The molecule has 0 aliphatic carbocycles. The minimum absolute atomic E-state index is 0.704. The molecule has 4 heteroatoms. The molecule has 0 spiro atoms. The zero-order valence-electron chi connectivity index (χ0n) is 9.86. The third-order valence-electron chi connectivity index (χ3n) is 3.00. The van der Waals surface area contributed by atoms with Gasteiger partial charge in [-0.15, -0.1) is 0 Å². The van der Waals surface area contributed by atoms with Crippen molar-refractivity contribution in [3.05, 3.63) is 35.2 Å². The molecule has 0 saturated heterocycles. The quantitative estimate of drug-likeness (QED) is 0.879. The molecule has 0 saturated carbocycles. The van der Waals surface area contributed by atoms with E-state index in [2.05, 4.69) is 40.3 Å². The van der Waals surface area contributed by atoms with Gasteiger partial charge < -0.3 is 4.74 Å². The molecule has 1 aliphatic rings. The number of nitrogens with zero attached hydrogens (tertiary/aromatic N) is 2. The lowest BCUT2D eigenvalue weighted by Crippen LogP contribution is -1.87. The highest BCUT2D eigenvalue weighted by atomic mass is 16.5. The first-order valence-corrected chi connectivity index (χ1v) is 5.98. The number of hydrogen-bond acceptors (Lipinski definition) is 3. The Balaban J connectivity index is 1.92. The smallest absolute Gasteiger partial charge is 0.181 e. The van der Waals surface area contributed by atoms with E-state index in [0.29, 0.717) is 6.61 Å². The number of nitrogens with one attached hydrogen (secondary N) is 1. The first-order chi connectivity index (χ1) is 8.36. The molecule has 1 aromatic carbocycles. The molecule has 1 aliphatic heterocycles. The summed E-state index contributed by atoms with van der Waals surface area (Å²) < 4.78 is 5.40. The molecule has 1 N–H and O–H groups in total.